The fourth-order valence-corrected chi connectivity index (χ4v) is 5.13. The highest BCUT2D eigenvalue weighted by Crippen LogP contribution is 2.29. The number of nitrogens with zero attached hydrogens (tertiary/aromatic N) is 4. The Kier molecular flexibility index (Phi) is 6.17. The molecular weight excluding hydrogens is 447 g/mol. The van der Waals surface area contributed by atoms with Gasteiger partial charge in [-0.05, 0) is 55.1 Å². The average Bonchev–Trinajstić information content (AvgIpc) is 3.26. The summed E-state index contributed by atoms with van der Waals surface area (Å²) in [5, 5.41) is 5.12. The lowest BCUT2D eigenvalue weighted by molar-refractivity contribution is -0.138. The van der Waals surface area contributed by atoms with Crippen molar-refractivity contribution in [2.24, 2.45) is 5.92 Å². The van der Waals surface area contributed by atoms with Crippen molar-refractivity contribution in [1.82, 2.24) is 19.9 Å². The third-order valence-electron chi connectivity index (χ3n) is 6.30. The van der Waals surface area contributed by atoms with Crippen LogP contribution in [0.25, 0.3) is 11.4 Å². The molecule has 1 saturated heterocycles. The Hall–Kier alpha value is -2.41. The number of likely N-dealkylation sites (tertiary alicyclic amines) is 1. The van der Waals surface area contributed by atoms with E-state index >= 15 is 0 Å². The summed E-state index contributed by atoms with van der Waals surface area (Å²) in [4.78, 5) is 22.0. The van der Waals surface area contributed by atoms with E-state index in [0.717, 1.165) is 32.4 Å². The number of benzene rings is 2. The smallest absolute Gasteiger partial charge is 0.241 e. The average molecular weight is 471 g/mol. The third-order valence-corrected chi connectivity index (χ3v) is 6.84. The lowest BCUT2D eigenvalue weighted by Gasteiger charge is -2.36. The van der Waals surface area contributed by atoms with E-state index in [1.54, 1.807) is 18.2 Å². The van der Waals surface area contributed by atoms with Gasteiger partial charge in [0, 0.05) is 30.2 Å². The fraction of sp³-hybridized carbons (Fsp3) is 0.375. The molecule has 1 aromatic heterocycles. The second kappa shape index (κ2) is 9.22. The summed E-state index contributed by atoms with van der Waals surface area (Å²) in [6.07, 6.45) is 2.82. The first kappa shape index (κ1) is 21.4. The van der Waals surface area contributed by atoms with Crippen LogP contribution in [0.2, 0.25) is 10.0 Å². The van der Waals surface area contributed by atoms with Crippen molar-refractivity contribution >= 4 is 29.1 Å². The van der Waals surface area contributed by atoms with Crippen LogP contribution >= 0.6 is 23.2 Å². The van der Waals surface area contributed by atoms with Crippen LogP contribution in [0.1, 0.15) is 29.9 Å². The molecule has 6 nitrogen and oxygen atoms in total. The minimum Gasteiger partial charge on any atom is -0.338 e. The molecule has 0 N–H and O–H groups in total. The first-order chi connectivity index (χ1) is 15.6. The molecule has 166 valence electrons. The molecule has 2 aliphatic rings. The van der Waals surface area contributed by atoms with Crippen LogP contribution in [0.5, 0.6) is 0 Å². The molecule has 0 saturated carbocycles. The van der Waals surface area contributed by atoms with Gasteiger partial charge in [-0.25, -0.2) is 0 Å². The Morgan fingerprint density at radius 2 is 1.97 bits per heavy atom. The second-order valence-corrected chi connectivity index (χ2v) is 9.33. The standard InChI is InChI=1S/C24H24Cl2N4O2/c25-19-7-8-20(21(26)12-19)23-27-22(32-28-23)15-29-10-3-6-18(13-29)24(31)30-11-9-16-4-1-2-5-17(16)14-30/h1-2,4-5,7-8,12,18H,3,6,9-11,13-15H2. The van der Waals surface area contributed by atoms with Gasteiger partial charge in [-0.3, -0.25) is 9.69 Å². The van der Waals surface area contributed by atoms with Gasteiger partial charge in [-0.1, -0.05) is 52.6 Å². The highest BCUT2D eigenvalue weighted by molar-refractivity contribution is 6.36. The molecule has 0 radical (unpaired) electrons. The molecule has 32 heavy (non-hydrogen) atoms. The summed E-state index contributed by atoms with van der Waals surface area (Å²) >= 11 is 12.2. The summed E-state index contributed by atoms with van der Waals surface area (Å²) in [6, 6.07) is 13.6. The SMILES string of the molecule is O=C(C1CCCN(Cc2nc(-c3ccc(Cl)cc3Cl)no2)C1)N1CCc2ccccc2C1. The number of rotatable bonds is 4. The van der Waals surface area contributed by atoms with Crippen LogP contribution in [-0.2, 0) is 24.3 Å². The van der Waals surface area contributed by atoms with Crippen LogP contribution in [0, 0.1) is 5.92 Å². The molecule has 0 spiro atoms. The van der Waals surface area contributed by atoms with Crippen molar-refractivity contribution in [3.05, 3.63) is 69.5 Å². The maximum Gasteiger partial charge on any atom is 0.241 e. The zero-order valence-electron chi connectivity index (χ0n) is 17.6. The van der Waals surface area contributed by atoms with Gasteiger partial charge in [0.25, 0.3) is 0 Å². The molecule has 3 aromatic rings. The molecule has 1 fully saturated rings. The maximum atomic E-state index is 13.2. The van der Waals surface area contributed by atoms with Gasteiger partial charge in [0.15, 0.2) is 0 Å². The van der Waals surface area contributed by atoms with Gasteiger partial charge in [0.05, 0.1) is 17.5 Å². The minimum absolute atomic E-state index is 0.00196. The highest BCUT2D eigenvalue weighted by atomic mass is 35.5. The molecule has 1 atom stereocenters. The van der Waals surface area contributed by atoms with Gasteiger partial charge < -0.3 is 9.42 Å². The van der Waals surface area contributed by atoms with Crippen molar-refractivity contribution in [3.8, 4) is 11.4 Å². The van der Waals surface area contributed by atoms with E-state index in [9.17, 15) is 4.79 Å². The number of carbonyl (C=O) groups excluding carboxylic acids is 1. The predicted octanol–water partition coefficient (Wildman–Crippen LogP) is 4.84. The van der Waals surface area contributed by atoms with Gasteiger partial charge >= 0.3 is 0 Å². The van der Waals surface area contributed by atoms with Gasteiger partial charge in [-0.15, -0.1) is 0 Å². The first-order valence-electron chi connectivity index (χ1n) is 10.9. The van der Waals surface area contributed by atoms with Crippen molar-refractivity contribution in [3.63, 3.8) is 0 Å². The summed E-state index contributed by atoms with van der Waals surface area (Å²) < 4.78 is 5.47. The molecule has 0 aliphatic carbocycles. The van der Waals surface area contributed by atoms with Crippen molar-refractivity contribution in [2.75, 3.05) is 19.6 Å². The van der Waals surface area contributed by atoms with E-state index < -0.39 is 0 Å². The topological polar surface area (TPSA) is 62.5 Å². The van der Waals surface area contributed by atoms with Gasteiger partial charge in [-0.2, -0.15) is 4.98 Å². The quantitative estimate of drug-likeness (QED) is 0.545. The molecule has 1 amide bonds. The van der Waals surface area contributed by atoms with Gasteiger partial charge in [0.1, 0.15) is 0 Å². The van der Waals surface area contributed by atoms with E-state index in [-0.39, 0.29) is 11.8 Å². The van der Waals surface area contributed by atoms with Crippen LogP contribution in [-0.4, -0.2) is 45.5 Å². The summed E-state index contributed by atoms with van der Waals surface area (Å²) in [6.45, 7) is 3.63. The summed E-state index contributed by atoms with van der Waals surface area (Å²) in [5.41, 5.74) is 3.30. The maximum absolute atomic E-state index is 13.2. The largest absolute Gasteiger partial charge is 0.338 e. The van der Waals surface area contributed by atoms with E-state index in [1.165, 1.54) is 11.1 Å². The number of fused-ring (bicyclic) bond motifs is 1. The zero-order valence-corrected chi connectivity index (χ0v) is 19.1. The predicted molar refractivity (Wildman–Crippen MR) is 123 cm³/mol. The Bertz CT molecular complexity index is 1130. The number of hydrogen-bond acceptors (Lipinski definition) is 5. The Balaban J connectivity index is 1.22. The summed E-state index contributed by atoms with van der Waals surface area (Å²) in [7, 11) is 0. The van der Waals surface area contributed by atoms with Crippen LogP contribution in [0.4, 0.5) is 0 Å². The third kappa shape index (κ3) is 4.53. The van der Waals surface area contributed by atoms with E-state index in [0.29, 0.717) is 47.0 Å². The number of piperidine rings is 1. The normalized spacial score (nSPS) is 19.1. The molecule has 3 heterocycles. The van der Waals surface area contributed by atoms with Crippen LogP contribution in [0.15, 0.2) is 47.0 Å². The molecule has 8 heteroatoms. The monoisotopic (exact) mass is 470 g/mol. The van der Waals surface area contributed by atoms with Gasteiger partial charge in [0.2, 0.25) is 17.6 Å². The highest BCUT2D eigenvalue weighted by Gasteiger charge is 2.31. The first-order valence-corrected chi connectivity index (χ1v) is 11.7. The fourth-order valence-electron chi connectivity index (χ4n) is 4.63. The Morgan fingerprint density at radius 3 is 2.81 bits per heavy atom. The van der Waals surface area contributed by atoms with E-state index in [1.807, 2.05) is 11.0 Å². The Morgan fingerprint density at radius 1 is 1.12 bits per heavy atom. The lowest BCUT2D eigenvalue weighted by Crippen LogP contribution is -2.46. The lowest BCUT2D eigenvalue weighted by atomic mass is 9.94. The number of hydrogen-bond donors (Lipinski definition) is 0. The van der Waals surface area contributed by atoms with E-state index in [4.69, 9.17) is 27.7 Å². The molecule has 0 bridgehead atoms. The number of carbonyl (C=O) groups is 1. The van der Waals surface area contributed by atoms with Crippen LogP contribution < -0.4 is 0 Å². The number of amides is 1. The molecule has 2 aromatic carbocycles. The van der Waals surface area contributed by atoms with Crippen molar-refractivity contribution in [2.45, 2.75) is 32.4 Å². The second-order valence-electron chi connectivity index (χ2n) is 8.49. The molecular formula is C24H24Cl2N4O2. The zero-order chi connectivity index (χ0) is 22.1. The molecule has 2 aliphatic heterocycles. The van der Waals surface area contributed by atoms with Crippen LogP contribution in [0.3, 0.4) is 0 Å². The minimum atomic E-state index is 0.00196. The number of aromatic nitrogens is 2. The number of halogens is 2. The van der Waals surface area contributed by atoms with Crippen molar-refractivity contribution < 1.29 is 9.32 Å². The van der Waals surface area contributed by atoms with Crippen molar-refractivity contribution in [1.29, 1.82) is 0 Å². The molecule has 1 unspecified atom stereocenters. The molecule has 5 rings (SSSR count). The summed E-state index contributed by atoms with van der Waals surface area (Å²) in [5.74, 6) is 1.22. The van der Waals surface area contributed by atoms with E-state index in [2.05, 4.69) is 33.2 Å². The Labute approximate surface area is 197 Å².